The van der Waals surface area contributed by atoms with Gasteiger partial charge in [-0.3, -0.25) is 4.79 Å². The summed E-state index contributed by atoms with van der Waals surface area (Å²) in [6.45, 7) is 1.65. The molecular formula is C16H18N4O. The standard InChI is InChI=1S/C16H18N4O/c21-16(20-9-5-2-6-10-20)14-11-18-15(12-17-14)19-13-7-3-1-4-8-13/h1,3-4,7-8,11-12H,2,5-6,9-10H2,(H,18,19). The molecule has 1 aliphatic rings. The molecule has 108 valence electrons. The zero-order valence-corrected chi connectivity index (χ0v) is 11.8. The Morgan fingerprint density at radius 2 is 1.76 bits per heavy atom. The van der Waals surface area contributed by atoms with Gasteiger partial charge in [0.05, 0.1) is 12.4 Å². The Morgan fingerprint density at radius 3 is 2.43 bits per heavy atom. The number of carbonyl (C=O) groups is 1. The number of likely N-dealkylation sites (tertiary alicyclic amines) is 1. The predicted octanol–water partition coefficient (Wildman–Crippen LogP) is 2.85. The van der Waals surface area contributed by atoms with Crippen LogP contribution >= 0.6 is 0 Å². The Morgan fingerprint density at radius 1 is 1.00 bits per heavy atom. The number of nitrogens with zero attached hydrogens (tertiary/aromatic N) is 3. The molecule has 5 heteroatoms. The Hall–Kier alpha value is -2.43. The fraction of sp³-hybridized carbons (Fsp3) is 0.312. The monoisotopic (exact) mass is 282 g/mol. The number of hydrogen-bond acceptors (Lipinski definition) is 4. The van der Waals surface area contributed by atoms with Gasteiger partial charge in [-0.1, -0.05) is 18.2 Å². The van der Waals surface area contributed by atoms with Crippen LogP contribution in [0.5, 0.6) is 0 Å². The Kier molecular flexibility index (Phi) is 4.09. The van der Waals surface area contributed by atoms with Gasteiger partial charge in [-0.25, -0.2) is 9.97 Å². The van der Waals surface area contributed by atoms with Crippen molar-refractivity contribution in [1.82, 2.24) is 14.9 Å². The first kappa shape index (κ1) is 13.5. The van der Waals surface area contributed by atoms with E-state index in [4.69, 9.17) is 0 Å². The van der Waals surface area contributed by atoms with Crippen LogP contribution in [0.15, 0.2) is 42.7 Å². The van der Waals surface area contributed by atoms with Crippen LogP contribution in [-0.2, 0) is 0 Å². The average molecular weight is 282 g/mol. The van der Waals surface area contributed by atoms with E-state index in [0.717, 1.165) is 31.6 Å². The fourth-order valence-corrected chi connectivity index (χ4v) is 2.43. The molecule has 0 saturated carbocycles. The summed E-state index contributed by atoms with van der Waals surface area (Å²) in [5.74, 6) is 0.616. The van der Waals surface area contributed by atoms with E-state index in [1.807, 2.05) is 35.2 Å². The summed E-state index contributed by atoms with van der Waals surface area (Å²) >= 11 is 0. The predicted molar refractivity (Wildman–Crippen MR) is 81.5 cm³/mol. The van der Waals surface area contributed by atoms with E-state index in [1.165, 1.54) is 6.42 Å². The van der Waals surface area contributed by atoms with E-state index in [1.54, 1.807) is 12.4 Å². The molecule has 0 bridgehead atoms. The second-order valence-corrected chi connectivity index (χ2v) is 5.13. The molecule has 21 heavy (non-hydrogen) atoms. The molecule has 2 heterocycles. The maximum atomic E-state index is 12.3. The van der Waals surface area contributed by atoms with E-state index in [2.05, 4.69) is 15.3 Å². The normalized spacial score (nSPS) is 14.8. The minimum atomic E-state index is -0.0199. The summed E-state index contributed by atoms with van der Waals surface area (Å²) in [6, 6.07) is 9.76. The number of aromatic nitrogens is 2. The van der Waals surface area contributed by atoms with Gasteiger partial charge < -0.3 is 10.2 Å². The van der Waals surface area contributed by atoms with Crippen molar-refractivity contribution >= 4 is 17.4 Å². The quantitative estimate of drug-likeness (QED) is 0.940. The van der Waals surface area contributed by atoms with E-state index in [0.29, 0.717) is 11.5 Å². The van der Waals surface area contributed by atoms with Gasteiger partial charge in [0.2, 0.25) is 0 Å². The van der Waals surface area contributed by atoms with Crippen molar-refractivity contribution in [2.75, 3.05) is 18.4 Å². The van der Waals surface area contributed by atoms with Crippen molar-refractivity contribution in [3.05, 3.63) is 48.4 Å². The summed E-state index contributed by atoms with van der Waals surface area (Å²) < 4.78 is 0. The second-order valence-electron chi connectivity index (χ2n) is 5.13. The highest BCUT2D eigenvalue weighted by atomic mass is 16.2. The third-order valence-electron chi connectivity index (χ3n) is 3.56. The van der Waals surface area contributed by atoms with Crippen molar-refractivity contribution in [2.24, 2.45) is 0 Å². The molecule has 0 radical (unpaired) electrons. The topological polar surface area (TPSA) is 58.1 Å². The lowest BCUT2D eigenvalue weighted by atomic mass is 10.1. The van der Waals surface area contributed by atoms with Gasteiger partial charge in [-0.15, -0.1) is 0 Å². The van der Waals surface area contributed by atoms with Crippen molar-refractivity contribution in [3.8, 4) is 0 Å². The van der Waals surface area contributed by atoms with Gasteiger partial charge in [-0.05, 0) is 31.4 Å². The molecule has 5 nitrogen and oxygen atoms in total. The lowest BCUT2D eigenvalue weighted by molar-refractivity contribution is 0.0718. The minimum Gasteiger partial charge on any atom is -0.339 e. The SMILES string of the molecule is O=C(c1cnc(Nc2ccccc2)cn1)N1CCCCC1. The smallest absolute Gasteiger partial charge is 0.274 e. The van der Waals surface area contributed by atoms with E-state index >= 15 is 0 Å². The number of rotatable bonds is 3. The van der Waals surface area contributed by atoms with Crippen molar-refractivity contribution < 1.29 is 4.79 Å². The number of anilines is 2. The van der Waals surface area contributed by atoms with Crippen LogP contribution in [0, 0.1) is 0 Å². The van der Waals surface area contributed by atoms with Gasteiger partial charge in [-0.2, -0.15) is 0 Å². The number of para-hydroxylation sites is 1. The summed E-state index contributed by atoms with van der Waals surface area (Å²) in [7, 11) is 0. The van der Waals surface area contributed by atoms with Gasteiger partial charge in [0, 0.05) is 18.8 Å². The second kappa shape index (κ2) is 6.35. The molecule has 1 aromatic carbocycles. The lowest BCUT2D eigenvalue weighted by Gasteiger charge is -2.26. The molecular weight excluding hydrogens is 264 g/mol. The van der Waals surface area contributed by atoms with Crippen LogP contribution in [0.4, 0.5) is 11.5 Å². The third-order valence-corrected chi connectivity index (χ3v) is 3.56. The summed E-state index contributed by atoms with van der Waals surface area (Å²) in [5, 5.41) is 3.15. The van der Waals surface area contributed by atoms with Crippen LogP contribution in [-0.4, -0.2) is 33.9 Å². The van der Waals surface area contributed by atoms with Crippen LogP contribution in [0.3, 0.4) is 0 Å². The van der Waals surface area contributed by atoms with Crippen LogP contribution in [0.2, 0.25) is 0 Å². The Bertz CT molecular complexity index is 591. The first-order valence-electron chi connectivity index (χ1n) is 7.26. The number of nitrogens with one attached hydrogen (secondary N) is 1. The molecule has 0 aliphatic carbocycles. The zero-order valence-electron chi connectivity index (χ0n) is 11.8. The molecule has 0 unspecified atom stereocenters. The average Bonchev–Trinajstić information content (AvgIpc) is 2.57. The Labute approximate surface area is 124 Å². The molecule has 2 aromatic rings. The summed E-state index contributed by atoms with van der Waals surface area (Å²) in [5.41, 5.74) is 1.36. The van der Waals surface area contributed by atoms with Crippen LogP contribution in [0.1, 0.15) is 29.8 Å². The molecule has 0 spiro atoms. The molecule has 1 N–H and O–H groups in total. The summed E-state index contributed by atoms with van der Waals surface area (Å²) in [6.07, 6.45) is 6.50. The first-order valence-corrected chi connectivity index (χ1v) is 7.26. The van der Waals surface area contributed by atoms with Gasteiger partial charge >= 0.3 is 0 Å². The lowest BCUT2D eigenvalue weighted by Crippen LogP contribution is -2.36. The summed E-state index contributed by atoms with van der Waals surface area (Å²) in [4.78, 5) is 22.6. The minimum absolute atomic E-state index is 0.0199. The molecule has 3 rings (SSSR count). The Balaban J connectivity index is 1.67. The van der Waals surface area contributed by atoms with Crippen molar-refractivity contribution in [2.45, 2.75) is 19.3 Å². The molecule has 1 aromatic heterocycles. The van der Waals surface area contributed by atoms with Gasteiger partial charge in [0.1, 0.15) is 11.5 Å². The molecule has 1 aliphatic heterocycles. The number of piperidine rings is 1. The zero-order chi connectivity index (χ0) is 14.5. The third kappa shape index (κ3) is 3.37. The highest BCUT2D eigenvalue weighted by Gasteiger charge is 2.19. The fourth-order valence-electron chi connectivity index (χ4n) is 2.43. The van der Waals surface area contributed by atoms with Gasteiger partial charge in [0.15, 0.2) is 0 Å². The van der Waals surface area contributed by atoms with Crippen LogP contribution in [0.25, 0.3) is 0 Å². The maximum Gasteiger partial charge on any atom is 0.274 e. The molecule has 1 amide bonds. The van der Waals surface area contributed by atoms with E-state index in [9.17, 15) is 4.79 Å². The molecule has 0 atom stereocenters. The highest BCUT2D eigenvalue weighted by Crippen LogP contribution is 2.14. The number of hydrogen-bond donors (Lipinski definition) is 1. The maximum absolute atomic E-state index is 12.3. The largest absolute Gasteiger partial charge is 0.339 e. The molecule has 1 saturated heterocycles. The van der Waals surface area contributed by atoms with E-state index < -0.39 is 0 Å². The number of benzene rings is 1. The van der Waals surface area contributed by atoms with E-state index in [-0.39, 0.29) is 5.91 Å². The van der Waals surface area contributed by atoms with Crippen molar-refractivity contribution in [3.63, 3.8) is 0 Å². The number of carbonyl (C=O) groups excluding carboxylic acids is 1. The number of amides is 1. The first-order chi connectivity index (χ1) is 10.3. The molecule has 1 fully saturated rings. The van der Waals surface area contributed by atoms with Crippen molar-refractivity contribution in [1.29, 1.82) is 0 Å². The van der Waals surface area contributed by atoms with Gasteiger partial charge in [0.25, 0.3) is 5.91 Å². The highest BCUT2D eigenvalue weighted by molar-refractivity contribution is 5.92. The van der Waals surface area contributed by atoms with Crippen LogP contribution < -0.4 is 5.32 Å².